The lowest BCUT2D eigenvalue weighted by Crippen LogP contribution is -2.62. The van der Waals surface area contributed by atoms with Gasteiger partial charge in [-0.25, -0.2) is 0 Å². The number of carbonyl (C=O) groups is 2. The van der Waals surface area contributed by atoms with E-state index in [0.717, 1.165) is 38.5 Å². The number of hydrogen-bond donors (Lipinski definition) is 4. The minimum Gasteiger partial charge on any atom is -0.548 e. The molecule has 4 N–H and O–H groups in total. The Bertz CT molecular complexity index is 759. The summed E-state index contributed by atoms with van der Waals surface area (Å²) in [4.78, 5) is 22.6. The van der Waals surface area contributed by atoms with Crippen LogP contribution in [0.3, 0.4) is 0 Å². The van der Waals surface area contributed by atoms with Gasteiger partial charge in [0.25, 0.3) is 0 Å². The molecule has 1 amide bonds. The molecule has 4 fully saturated rings. The van der Waals surface area contributed by atoms with Gasteiger partial charge in [-0.1, -0.05) is 20.8 Å². The zero-order valence-corrected chi connectivity index (χ0v) is 20.3. The third-order valence-corrected chi connectivity index (χ3v) is 10.8. The van der Waals surface area contributed by atoms with Gasteiger partial charge in [-0.3, -0.25) is 4.79 Å². The maximum atomic E-state index is 12.0. The van der Waals surface area contributed by atoms with E-state index in [9.17, 15) is 30.0 Å². The first-order chi connectivity index (χ1) is 15.5. The fourth-order valence-corrected chi connectivity index (χ4v) is 8.95. The molecular weight excluding hydrogens is 422 g/mol. The topological polar surface area (TPSA) is 130 Å². The number of carbonyl (C=O) groups excluding carboxylic acids is 2. The van der Waals surface area contributed by atoms with E-state index in [2.05, 4.69) is 26.1 Å². The Morgan fingerprint density at radius 2 is 1.79 bits per heavy atom. The summed E-state index contributed by atoms with van der Waals surface area (Å²) in [5.74, 6) is -0.0789. The molecule has 33 heavy (non-hydrogen) atoms. The number of fused-ring (bicyclic) bond motifs is 5. The van der Waals surface area contributed by atoms with Crippen LogP contribution >= 0.6 is 0 Å². The Balaban J connectivity index is 1.49. The Kier molecular flexibility index (Phi) is 6.89. The Labute approximate surface area is 197 Å². The zero-order valence-electron chi connectivity index (χ0n) is 20.3. The Hall–Kier alpha value is -1.18. The monoisotopic (exact) mass is 464 g/mol. The number of aliphatic hydroxyl groups excluding tert-OH is 3. The molecule has 7 heteroatoms. The van der Waals surface area contributed by atoms with Crippen molar-refractivity contribution < 1.29 is 30.0 Å². The van der Waals surface area contributed by atoms with Crippen LogP contribution < -0.4 is 10.4 Å². The largest absolute Gasteiger partial charge is 0.548 e. The molecule has 0 aromatic carbocycles. The first-order valence-corrected chi connectivity index (χ1v) is 13.0. The van der Waals surface area contributed by atoms with Gasteiger partial charge in [0, 0.05) is 6.42 Å². The second-order valence-corrected chi connectivity index (χ2v) is 12.2. The summed E-state index contributed by atoms with van der Waals surface area (Å²) in [6, 6.07) is 0. The van der Waals surface area contributed by atoms with Crippen LogP contribution in [-0.2, 0) is 9.59 Å². The molecule has 8 unspecified atom stereocenters. The van der Waals surface area contributed by atoms with Crippen molar-refractivity contribution in [2.75, 3.05) is 6.54 Å². The van der Waals surface area contributed by atoms with E-state index < -0.39 is 18.6 Å². The van der Waals surface area contributed by atoms with E-state index in [4.69, 9.17) is 0 Å². The van der Waals surface area contributed by atoms with Crippen molar-refractivity contribution in [3.8, 4) is 0 Å². The van der Waals surface area contributed by atoms with Crippen LogP contribution in [0.4, 0.5) is 0 Å². The summed E-state index contributed by atoms with van der Waals surface area (Å²) in [5.41, 5.74) is -0.230. The summed E-state index contributed by atoms with van der Waals surface area (Å²) in [7, 11) is 0. The van der Waals surface area contributed by atoms with Gasteiger partial charge in [0.1, 0.15) is 0 Å². The van der Waals surface area contributed by atoms with Crippen LogP contribution in [0.1, 0.15) is 78.6 Å². The van der Waals surface area contributed by atoms with E-state index in [-0.39, 0.29) is 65.0 Å². The smallest absolute Gasteiger partial charge is 0.220 e. The number of aliphatic carboxylic acids is 1. The number of rotatable bonds is 6. The molecule has 188 valence electrons. The van der Waals surface area contributed by atoms with Crippen LogP contribution in [0.15, 0.2) is 0 Å². The molecule has 0 heterocycles. The van der Waals surface area contributed by atoms with Crippen molar-refractivity contribution in [3.05, 3.63) is 0 Å². The molecule has 0 aromatic heterocycles. The molecule has 4 aliphatic rings. The standard InChI is InChI=1S/C26H43NO6/c1-14(4-7-22(31)27-13-23(32)33)17-5-6-18-24-19(12-21(30)26(17,18)3)25(2)9-8-16(28)10-15(25)11-20(24)29/h14-21,24,28-30H,4-13H2,1-3H3,(H,27,31)(H,32,33)/p-1/t14?,15?,16-,17?,18?,19?,20-,21+,24?,25?,26?/m1/s1. The molecule has 0 radical (unpaired) electrons. The van der Waals surface area contributed by atoms with E-state index >= 15 is 0 Å². The van der Waals surface area contributed by atoms with Gasteiger partial charge in [-0.05, 0) is 97.7 Å². The maximum absolute atomic E-state index is 12.0. The lowest BCUT2D eigenvalue weighted by atomic mass is 9.43. The van der Waals surface area contributed by atoms with Crippen LogP contribution in [0.25, 0.3) is 0 Å². The van der Waals surface area contributed by atoms with Crippen LogP contribution in [0.5, 0.6) is 0 Å². The summed E-state index contributed by atoms with van der Waals surface area (Å²) in [6.07, 6.45) is 5.75. The van der Waals surface area contributed by atoms with Crippen LogP contribution in [0, 0.1) is 46.3 Å². The summed E-state index contributed by atoms with van der Waals surface area (Å²) in [6.45, 7) is 6.21. The van der Waals surface area contributed by atoms with Gasteiger partial charge in [0.15, 0.2) is 0 Å². The van der Waals surface area contributed by atoms with Gasteiger partial charge >= 0.3 is 0 Å². The van der Waals surface area contributed by atoms with Crippen molar-refractivity contribution in [2.24, 2.45) is 46.3 Å². The number of carboxylic acid groups (broad SMARTS) is 1. The average Bonchev–Trinajstić information content (AvgIpc) is 3.11. The molecule has 7 nitrogen and oxygen atoms in total. The SMILES string of the molecule is CC(CCC(=O)NCC(=O)[O-])C1CCC2C3C(C[C@H](O)C12C)C1(C)CC[C@@H](O)CC1C[C@H]3O. The number of nitrogens with one attached hydrogen (secondary N) is 1. The summed E-state index contributed by atoms with van der Waals surface area (Å²) in [5, 5.41) is 46.1. The Morgan fingerprint density at radius 3 is 2.48 bits per heavy atom. The predicted octanol–water partition coefficient (Wildman–Crippen LogP) is 1.23. The van der Waals surface area contributed by atoms with E-state index in [0.29, 0.717) is 18.8 Å². The van der Waals surface area contributed by atoms with Crippen molar-refractivity contribution in [1.29, 1.82) is 0 Å². The van der Waals surface area contributed by atoms with Crippen LogP contribution in [-0.4, -0.2) is 52.1 Å². The van der Waals surface area contributed by atoms with E-state index in [1.165, 1.54) is 0 Å². The third-order valence-electron chi connectivity index (χ3n) is 10.8. The minimum atomic E-state index is -1.29. The van der Waals surface area contributed by atoms with Gasteiger partial charge < -0.3 is 30.5 Å². The second-order valence-electron chi connectivity index (χ2n) is 12.2. The van der Waals surface area contributed by atoms with E-state index in [1.807, 2.05) is 0 Å². The lowest BCUT2D eigenvalue weighted by molar-refractivity contribution is -0.304. The quantitative estimate of drug-likeness (QED) is 0.468. The molecule has 4 rings (SSSR count). The first kappa shape index (κ1) is 24.9. The van der Waals surface area contributed by atoms with Crippen molar-refractivity contribution in [1.82, 2.24) is 5.32 Å². The average molecular weight is 465 g/mol. The molecule has 0 aromatic rings. The maximum Gasteiger partial charge on any atom is 0.220 e. The third kappa shape index (κ3) is 4.23. The summed E-state index contributed by atoms with van der Waals surface area (Å²) < 4.78 is 0. The molecular formula is C26H42NO6-. The number of carboxylic acids is 1. The first-order valence-electron chi connectivity index (χ1n) is 13.0. The minimum absolute atomic E-state index is 0.0617. The molecule has 4 saturated carbocycles. The van der Waals surface area contributed by atoms with Crippen molar-refractivity contribution >= 4 is 11.9 Å². The lowest BCUT2D eigenvalue weighted by Gasteiger charge is -2.63. The van der Waals surface area contributed by atoms with Crippen molar-refractivity contribution in [3.63, 3.8) is 0 Å². The predicted molar refractivity (Wildman–Crippen MR) is 120 cm³/mol. The Morgan fingerprint density at radius 1 is 1.06 bits per heavy atom. The highest BCUT2D eigenvalue weighted by Crippen LogP contribution is 2.68. The summed E-state index contributed by atoms with van der Waals surface area (Å²) >= 11 is 0. The molecule has 0 saturated heterocycles. The highest BCUT2D eigenvalue weighted by Gasteiger charge is 2.65. The highest BCUT2D eigenvalue weighted by molar-refractivity contribution is 5.80. The van der Waals surface area contributed by atoms with Gasteiger partial charge in [-0.2, -0.15) is 0 Å². The zero-order chi connectivity index (χ0) is 24.1. The van der Waals surface area contributed by atoms with Gasteiger partial charge in [0.2, 0.25) is 5.91 Å². The fraction of sp³-hybridized carbons (Fsp3) is 0.923. The van der Waals surface area contributed by atoms with E-state index in [1.54, 1.807) is 0 Å². The number of amides is 1. The molecule has 0 bridgehead atoms. The number of hydrogen-bond acceptors (Lipinski definition) is 6. The molecule has 0 spiro atoms. The molecule has 0 aliphatic heterocycles. The number of aliphatic hydroxyl groups is 3. The molecule has 11 atom stereocenters. The second kappa shape index (κ2) is 9.12. The van der Waals surface area contributed by atoms with Gasteiger partial charge in [0.05, 0.1) is 30.8 Å². The van der Waals surface area contributed by atoms with Crippen molar-refractivity contribution in [2.45, 2.75) is 96.9 Å². The van der Waals surface area contributed by atoms with Gasteiger partial charge in [-0.15, -0.1) is 0 Å². The molecule has 4 aliphatic carbocycles. The van der Waals surface area contributed by atoms with Crippen LogP contribution in [0.2, 0.25) is 0 Å². The normalized spacial score (nSPS) is 47.7. The fourth-order valence-electron chi connectivity index (χ4n) is 8.95. The highest BCUT2D eigenvalue weighted by atomic mass is 16.4.